The molecular weight excluding hydrogens is 334 g/mol. The third kappa shape index (κ3) is 4.99. The number of pyridine rings is 1. The number of aromatic nitrogens is 1. The molecule has 5 nitrogen and oxygen atoms in total. The molecule has 25 heavy (non-hydrogen) atoms. The molecule has 2 amide bonds. The van der Waals surface area contributed by atoms with Crippen LogP contribution in [0.3, 0.4) is 0 Å². The smallest absolute Gasteiger partial charge is 0.255 e. The van der Waals surface area contributed by atoms with Crippen LogP contribution < -0.4 is 10.6 Å². The fourth-order valence-electron chi connectivity index (χ4n) is 2.26. The van der Waals surface area contributed by atoms with Gasteiger partial charge in [0, 0.05) is 28.5 Å². The highest BCUT2D eigenvalue weighted by molar-refractivity contribution is 7.09. The third-order valence-corrected chi connectivity index (χ3v) is 4.44. The Kier molecular flexibility index (Phi) is 5.53. The molecule has 2 heterocycles. The number of amides is 2. The van der Waals surface area contributed by atoms with Gasteiger partial charge >= 0.3 is 0 Å². The molecule has 3 rings (SSSR count). The summed E-state index contributed by atoms with van der Waals surface area (Å²) >= 11 is 1.62. The SMILES string of the molecule is O=C(Cc1ccc(NC(=O)c2ccncc2)cc1)NCc1cccs1. The van der Waals surface area contributed by atoms with Crippen LogP contribution in [0.2, 0.25) is 0 Å². The Morgan fingerprint density at radius 3 is 2.44 bits per heavy atom. The number of hydrogen-bond donors (Lipinski definition) is 2. The normalized spacial score (nSPS) is 10.2. The maximum atomic E-state index is 12.1. The minimum atomic E-state index is -0.191. The fraction of sp³-hybridized carbons (Fsp3) is 0.105. The lowest BCUT2D eigenvalue weighted by Crippen LogP contribution is -2.24. The molecule has 0 saturated carbocycles. The molecule has 0 spiro atoms. The summed E-state index contributed by atoms with van der Waals surface area (Å²) in [6.45, 7) is 0.552. The van der Waals surface area contributed by atoms with Crippen molar-refractivity contribution in [3.63, 3.8) is 0 Å². The minimum Gasteiger partial charge on any atom is -0.351 e. The van der Waals surface area contributed by atoms with Gasteiger partial charge in [0.05, 0.1) is 13.0 Å². The number of rotatable bonds is 6. The van der Waals surface area contributed by atoms with Crippen molar-refractivity contribution in [1.82, 2.24) is 10.3 Å². The summed E-state index contributed by atoms with van der Waals surface area (Å²) in [4.78, 5) is 29.1. The zero-order valence-corrected chi connectivity index (χ0v) is 14.3. The molecule has 0 bridgehead atoms. The highest BCUT2D eigenvalue weighted by Gasteiger charge is 2.07. The molecular formula is C19H17N3O2S. The lowest BCUT2D eigenvalue weighted by molar-refractivity contribution is -0.120. The molecule has 3 aromatic rings. The quantitative estimate of drug-likeness (QED) is 0.716. The number of nitrogens with zero attached hydrogens (tertiary/aromatic N) is 1. The van der Waals surface area contributed by atoms with E-state index in [4.69, 9.17) is 0 Å². The molecule has 2 aromatic heterocycles. The van der Waals surface area contributed by atoms with Gasteiger partial charge in [-0.1, -0.05) is 18.2 Å². The first kappa shape index (κ1) is 16.9. The maximum Gasteiger partial charge on any atom is 0.255 e. The van der Waals surface area contributed by atoms with Crippen molar-refractivity contribution in [3.05, 3.63) is 82.3 Å². The highest BCUT2D eigenvalue weighted by atomic mass is 32.1. The Hall–Kier alpha value is -2.99. The number of hydrogen-bond acceptors (Lipinski definition) is 4. The van der Waals surface area contributed by atoms with Gasteiger partial charge in [-0.3, -0.25) is 14.6 Å². The summed E-state index contributed by atoms with van der Waals surface area (Å²) in [7, 11) is 0. The van der Waals surface area contributed by atoms with Gasteiger partial charge in [0.1, 0.15) is 0 Å². The Labute approximate surface area is 149 Å². The summed E-state index contributed by atoms with van der Waals surface area (Å²) < 4.78 is 0. The van der Waals surface area contributed by atoms with E-state index in [0.29, 0.717) is 24.2 Å². The summed E-state index contributed by atoms with van der Waals surface area (Å²) in [5.41, 5.74) is 2.13. The van der Waals surface area contributed by atoms with Crippen LogP contribution in [-0.4, -0.2) is 16.8 Å². The molecule has 0 radical (unpaired) electrons. The van der Waals surface area contributed by atoms with E-state index in [1.54, 1.807) is 48.0 Å². The zero-order valence-electron chi connectivity index (χ0n) is 13.4. The first-order chi connectivity index (χ1) is 12.2. The largest absolute Gasteiger partial charge is 0.351 e. The molecule has 0 atom stereocenters. The van der Waals surface area contributed by atoms with Gasteiger partial charge < -0.3 is 10.6 Å². The summed E-state index contributed by atoms with van der Waals surface area (Å²) in [6.07, 6.45) is 3.46. The zero-order chi connectivity index (χ0) is 17.5. The lowest BCUT2D eigenvalue weighted by Gasteiger charge is -2.07. The Balaban J connectivity index is 1.51. The van der Waals surface area contributed by atoms with Crippen molar-refractivity contribution >= 4 is 28.8 Å². The topological polar surface area (TPSA) is 71.1 Å². The van der Waals surface area contributed by atoms with Crippen molar-refractivity contribution in [2.24, 2.45) is 0 Å². The van der Waals surface area contributed by atoms with E-state index in [9.17, 15) is 9.59 Å². The van der Waals surface area contributed by atoms with Crippen molar-refractivity contribution in [1.29, 1.82) is 0 Å². The van der Waals surface area contributed by atoms with Gasteiger partial charge in [-0.15, -0.1) is 11.3 Å². The predicted octanol–water partition coefficient (Wildman–Crippen LogP) is 3.25. The highest BCUT2D eigenvalue weighted by Crippen LogP contribution is 2.12. The van der Waals surface area contributed by atoms with Crippen LogP contribution in [0.5, 0.6) is 0 Å². The van der Waals surface area contributed by atoms with Crippen molar-refractivity contribution in [2.45, 2.75) is 13.0 Å². The molecule has 0 aliphatic carbocycles. The Bertz CT molecular complexity index is 831. The molecule has 1 aromatic carbocycles. The van der Waals surface area contributed by atoms with Gasteiger partial charge in [0.15, 0.2) is 0 Å². The Morgan fingerprint density at radius 2 is 1.76 bits per heavy atom. The van der Waals surface area contributed by atoms with Crippen LogP contribution in [0.1, 0.15) is 20.8 Å². The second-order valence-electron chi connectivity index (χ2n) is 5.42. The third-order valence-electron chi connectivity index (χ3n) is 3.56. The maximum absolute atomic E-state index is 12.1. The molecule has 2 N–H and O–H groups in total. The molecule has 0 saturated heterocycles. The van der Waals surface area contributed by atoms with Crippen LogP contribution in [-0.2, 0) is 17.8 Å². The van der Waals surface area contributed by atoms with E-state index in [2.05, 4.69) is 15.6 Å². The molecule has 0 fully saturated rings. The van der Waals surface area contributed by atoms with E-state index < -0.39 is 0 Å². The fourth-order valence-corrected chi connectivity index (χ4v) is 2.90. The Morgan fingerprint density at radius 1 is 1.00 bits per heavy atom. The first-order valence-electron chi connectivity index (χ1n) is 7.80. The lowest BCUT2D eigenvalue weighted by atomic mass is 10.1. The van der Waals surface area contributed by atoms with E-state index >= 15 is 0 Å². The summed E-state index contributed by atoms with van der Waals surface area (Å²) in [5, 5.41) is 7.70. The van der Waals surface area contributed by atoms with E-state index in [1.165, 1.54) is 0 Å². The monoisotopic (exact) mass is 351 g/mol. The van der Waals surface area contributed by atoms with Crippen LogP contribution in [0.4, 0.5) is 5.69 Å². The van der Waals surface area contributed by atoms with E-state index in [-0.39, 0.29) is 11.8 Å². The van der Waals surface area contributed by atoms with E-state index in [1.807, 2.05) is 29.6 Å². The van der Waals surface area contributed by atoms with Gasteiger partial charge in [-0.2, -0.15) is 0 Å². The average molecular weight is 351 g/mol. The first-order valence-corrected chi connectivity index (χ1v) is 8.68. The number of nitrogens with one attached hydrogen (secondary N) is 2. The van der Waals surface area contributed by atoms with Gasteiger partial charge in [0.25, 0.3) is 5.91 Å². The number of anilines is 1. The van der Waals surface area contributed by atoms with Crippen molar-refractivity contribution < 1.29 is 9.59 Å². The van der Waals surface area contributed by atoms with Crippen LogP contribution in [0.15, 0.2) is 66.3 Å². The number of benzene rings is 1. The summed E-state index contributed by atoms with van der Waals surface area (Å²) in [6, 6.07) is 14.5. The van der Waals surface area contributed by atoms with Gasteiger partial charge in [0.2, 0.25) is 5.91 Å². The predicted molar refractivity (Wildman–Crippen MR) is 98.5 cm³/mol. The van der Waals surface area contributed by atoms with Crippen LogP contribution >= 0.6 is 11.3 Å². The number of carbonyl (C=O) groups excluding carboxylic acids is 2. The minimum absolute atomic E-state index is 0.0260. The molecule has 6 heteroatoms. The standard InChI is InChI=1S/C19H17N3O2S/c23-18(21-13-17-2-1-11-25-17)12-14-3-5-16(6-4-14)22-19(24)15-7-9-20-10-8-15/h1-11H,12-13H2,(H,21,23)(H,22,24). The molecule has 0 aliphatic heterocycles. The van der Waals surface area contributed by atoms with Crippen LogP contribution in [0.25, 0.3) is 0 Å². The average Bonchev–Trinajstić information content (AvgIpc) is 3.16. The van der Waals surface area contributed by atoms with Gasteiger partial charge in [-0.05, 0) is 41.3 Å². The van der Waals surface area contributed by atoms with Crippen molar-refractivity contribution in [2.75, 3.05) is 5.32 Å². The molecule has 126 valence electrons. The summed E-state index contributed by atoms with van der Waals surface area (Å²) in [5.74, 6) is -0.217. The second kappa shape index (κ2) is 8.21. The van der Waals surface area contributed by atoms with Gasteiger partial charge in [-0.25, -0.2) is 0 Å². The number of carbonyl (C=O) groups is 2. The van der Waals surface area contributed by atoms with E-state index in [0.717, 1.165) is 10.4 Å². The van der Waals surface area contributed by atoms with Crippen molar-refractivity contribution in [3.8, 4) is 0 Å². The molecule has 0 aliphatic rings. The number of thiophene rings is 1. The molecule has 0 unspecified atom stereocenters. The van der Waals surface area contributed by atoms with Crippen LogP contribution in [0, 0.1) is 0 Å². The second-order valence-corrected chi connectivity index (χ2v) is 6.45.